The molecule has 1 N–H and O–H groups in total. The summed E-state index contributed by atoms with van der Waals surface area (Å²) in [4.78, 5) is 43.0. The van der Waals surface area contributed by atoms with E-state index in [-0.39, 0.29) is 23.7 Å². The highest BCUT2D eigenvalue weighted by Gasteiger charge is 2.33. The zero-order valence-corrected chi connectivity index (χ0v) is 20.1. The van der Waals surface area contributed by atoms with Gasteiger partial charge in [-0.25, -0.2) is 0 Å². The summed E-state index contributed by atoms with van der Waals surface area (Å²) in [6, 6.07) is 14.4. The second kappa shape index (κ2) is 9.90. The molecule has 10 heteroatoms. The Morgan fingerprint density at radius 2 is 1.69 bits per heavy atom. The van der Waals surface area contributed by atoms with E-state index in [9.17, 15) is 19.7 Å². The number of hydrogen-bond acceptors (Lipinski definition) is 6. The number of para-hydroxylation sites is 1. The van der Waals surface area contributed by atoms with Gasteiger partial charge in [0.05, 0.1) is 11.5 Å². The Balaban J connectivity index is 1.25. The van der Waals surface area contributed by atoms with Crippen LogP contribution in [-0.4, -0.2) is 74.4 Å². The lowest BCUT2D eigenvalue weighted by Crippen LogP contribution is -2.48. The van der Waals surface area contributed by atoms with Crippen molar-refractivity contribution < 1.29 is 14.5 Å². The molecule has 0 spiro atoms. The Morgan fingerprint density at radius 3 is 2.42 bits per heavy atom. The van der Waals surface area contributed by atoms with Crippen LogP contribution in [0.5, 0.6) is 0 Å². The van der Waals surface area contributed by atoms with Crippen LogP contribution in [0, 0.1) is 17.0 Å². The van der Waals surface area contributed by atoms with Gasteiger partial charge in [-0.2, -0.15) is 5.10 Å². The van der Waals surface area contributed by atoms with Gasteiger partial charge in [0.15, 0.2) is 5.69 Å². The van der Waals surface area contributed by atoms with E-state index >= 15 is 0 Å². The van der Waals surface area contributed by atoms with E-state index in [2.05, 4.69) is 46.3 Å². The molecule has 1 saturated heterocycles. The lowest BCUT2D eigenvalue weighted by atomic mass is 10.0. The zero-order chi connectivity index (χ0) is 25.2. The molecule has 2 amide bonds. The quantitative estimate of drug-likeness (QED) is 0.436. The number of nitro benzene ring substituents is 1. The molecule has 1 fully saturated rings. The predicted octanol–water partition coefficient (Wildman–Crippen LogP) is 2.78. The van der Waals surface area contributed by atoms with Crippen LogP contribution in [0.15, 0.2) is 48.5 Å². The summed E-state index contributed by atoms with van der Waals surface area (Å²) in [6.07, 6.45) is 0.506. The van der Waals surface area contributed by atoms with Crippen molar-refractivity contribution in [2.24, 2.45) is 0 Å². The molecule has 1 aromatic heterocycles. The van der Waals surface area contributed by atoms with Crippen molar-refractivity contribution in [1.29, 1.82) is 0 Å². The van der Waals surface area contributed by atoms with Gasteiger partial charge < -0.3 is 9.80 Å². The average Bonchev–Trinajstić information content (AvgIpc) is 3.33. The molecule has 2 aliphatic rings. The zero-order valence-electron chi connectivity index (χ0n) is 20.1. The van der Waals surface area contributed by atoms with Crippen LogP contribution in [0.3, 0.4) is 0 Å². The molecule has 0 saturated carbocycles. The Labute approximate surface area is 208 Å². The maximum atomic E-state index is 13.4. The van der Waals surface area contributed by atoms with E-state index in [1.54, 1.807) is 11.0 Å². The summed E-state index contributed by atoms with van der Waals surface area (Å²) in [5, 5.41) is 18.7. The molecule has 0 atom stereocenters. The molecule has 186 valence electrons. The number of H-pyrrole nitrogens is 1. The van der Waals surface area contributed by atoms with Crippen LogP contribution in [0.1, 0.15) is 43.2 Å². The van der Waals surface area contributed by atoms with Gasteiger partial charge in [-0.1, -0.05) is 42.0 Å². The van der Waals surface area contributed by atoms with E-state index in [1.807, 2.05) is 4.90 Å². The molecular weight excluding hydrogens is 460 g/mol. The van der Waals surface area contributed by atoms with Crippen molar-refractivity contribution in [1.82, 2.24) is 24.9 Å². The minimum Gasteiger partial charge on any atom is -0.335 e. The van der Waals surface area contributed by atoms with E-state index in [1.165, 1.54) is 29.3 Å². The lowest BCUT2D eigenvalue weighted by molar-refractivity contribution is -0.385. The van der Waals surface area contributed by atoms with Gasteiger partial charge in [0, 0.05) is 63.0 Å². The first kappa shape index (κ1) is 23.7. The number of amides is 2. The monoisotopic (exact) mass is 488 g/mol. The van der Waals surface area contributed by atoms with E-state index in [0.29, 0.717) is 37.3 Å². The standard InChI is InChI=1S/C26H28N6O4/c1-18-6-8-19(9-7-18)16-29-12-14-30(15-13-29)26(34)24-21-17-31(11-10-22(21)27-28-24)25(33)20-4-2-3-5-23(20)32(35)36/h2-9H,10-17H2,1H3,(H,27,28). The Bertz CT molecular complexity index is 1290. The summed E-state index contributed by atoms with van der Waals surface area (Å²) in [5.41, 5.74) is 4.18. The topological polar surface area (TPSA) is 116 Å². The third-order valence-electron chi connectivity index (χ3n) is 6.94. The fraction of sp³-hybridized carbons (Fsp3) is 0.346. The number of nitrogens with zero attached hydrogens (tertiary/aromatic N) is 5. The fourth-order valence-corrected chi connectivity index (χ4v) is 4.84. The molecule has 10 nitrogen and oxygen atoms in total. The van der Waals surface area contributed by atoms with Crippen LogP contribution < -0.4 is 0 Å². The molecule has 0 aliphatic carbocycles. The second-order valence-electron chi connectivity index (χ2n) is 9.33. The highest BCUT2D eigenvalue weighted by Crippen LogP contribution is 2.26. The van der Waals surface area contributed by atoms with Crippen LogP contribution in [0.4, 0.5) is 5.69 Å². The van der Waals surface area contributed by atoms with Crippen LogP contribution in [-0.2, 0) is 19.5 Å². The van der Waals surface area contributed by atoms with Crippen molar-refractivity contribution in [2.75, 3.05) is 32.7 Å². The molecule has 5 rings (SSSR count). The van der Waals surface area contributed by atoms with Gasteiger partial charge in [0.2, 0.25) is 0 Å². The molecule has 2 aliphatic heterocycles. The first-order valence-corrected chi connectivity index (χ1v) is 12.1. The molecule has 3 heterocycles. The van der Waals surface area contributed by atoms with Gasteiger partial charge in [0.25, 0.3) is 17.5 Å². The Morgan fingerprint density at radius 1 is 0.972 bits per heavy atom. The predicted molar refractivity (Wildman–Crippen MR) is 132 cm³/mol. The van der Waals surface area contributed by atoms with Crippen molar-refractivity contribution in [3.05, 3.63) is 92.3 Å². The van der Waals surface area contributed by atoms with Crippen molar-refractivity contribution in [2.45, 2.75) is 26.4 Å². The third kappa shape index (κ3) is 4.72. The number of hydrogen-bond donors (Lipinski definition) is 1. The number of fused-ring (bicyclic) bond motifs is 1. The minimum atomic E-state index is -0.548. The maximum Gasteiger partial charge on any atom is 0.282 e. The molecular formula is C26H28N6O4. The summed E-state index contributed by atoms with van der Waals surface area (Å²) in [5.74, 6) is -0.570. The fourth-order valence-electron chi connectivity index (χ4n) is 4.84. The number of aryl methyl sites for hydroxylation is 1. The average molecular weight is 489 g/mol. The molecule has 0 unspecified atom stereocenters. The van der Waals surface area contributed by atoms with Gasteiger partial charge in [-0.3, -0.25) is 29.7 Å². The number of nitrogens with one attached hydrogen (secondary N) is 1. The van der Waals surface area contributed by atoms with E-state index < -0.39 is 10.8 Å². The third-order valence-corrected chi connectivity index (χ3v) is 6.94. The van der Waals surface area contributed by atoms with Crippen LogP contribution >= 0.6 is 0 Å². The number of nitro groups is 1. The summed E-state index contributed by atoms with van der Waals surface area (Å²) >= 11 is 0. The minimum absolute atomic E-state index is 0.0482. The first-order chi connectivity index (χ1) is 17.4. The van der Waals surface area contributed by atoms with Gasteiger partial charge in [0.1, 0.15) is 5.56 Å². The summed E-state index contributed by atoms with van der Waals surface area (Å²) < 4.78 is 0. The number of piperazine rings is 1. The van der Waals surface area contributed by atoms with Crippen molar-refractivity contribution in [3.8, 4) is 0 Å². The molecule has 0 radical (unpaired) electrons. The normalized spacial score (nSPS) is 16.0. The van der Waals surface area contributed by atoms with Crippen molar-refractivity contribution in [3.63, 3.8) is 0 Å². The molecule has 36 heavy (non-hydrogen) atoms. The highest BCUT2D eigenvalue weighted by molar-refractivity contribution is 5.99. The van der Waals surface area contributed by atoms with Gasteiger partial charge >= 0.3 is 0 Å². The number of aromatic nitrogens is 2. The van der Waals surface area contributed by atoms with Crippen LogP contribution in [0.25, 0.3) is 0 Å². The number of carbonyl (C=O) groups excluding carboxylic acids is 2. The summed E-state index contributed by atoms with van der Waals surface area (Å²) in [7, 11) is 0. The van der Waals surface area contributed by atoms with E-state index in [0.717, 1.165) is 25.3 Å². The number of aromatic amines is 1. The second-order valence-corrected chi connectivity index (χ2v) is 9.33. The van der Waals surface area contributed by atoms with Crippen molar-refractivity contribution >= 4 is 17.5 Å². The number of carbonyl (C=O) groups is 2. The van der Waals surface area contributed by atoms with Crippen LogP contribution in [0.2, 0.25) is 0 Å². The molecule has 3 aromatic rings. The smallest absolute Gasteiger partial charge is 0.282 e. The van der Waals surface area contributed by atoms with Gasteiger partial charge in [-0.15, -0.1) is 0 Å². The SMILES string of the molecule is Cc1ccc(CN2CCN(C(=O)c3n[nH]c4c3CN(C(=O)c3ccccc3[N+](=O)[O-])CC4)CC2)cc1. The largest absolute Gasteiger partial charge is 0.335 e. The maximum absolute atomic E-state index is 13.4. The summed E-state index contributed by atoms with van der Waals surface area (Å²) in [6.45, 7) is 6.25. The number of rotatable bonds is 5. The first-order valence-electron chi connectivity index (χ1n) is 12.1. The lowest BCUT2D eigenvalue weighted by Gasteiger charge is -2.35. The highest BCUT2D eigenvalue weighted by atomic mass is 16.6. The van der Waals surface area contributed by atoms with Gasteiger partial charge in [-0.05, 0) is 18.6 Å². The molecule has 2 aromatic carbocycles. The number of benzene rings is 2. The van der Waals surface area contributed by atoms with E-state index in [4.69, 9.17) is 0 Å². The Hall–Kier alpha value is -4.05. The molecule has 0 bridgehead atoms. The Kier molecular flexibility index (Phi) is 6.51.